The molecule has 0 saturated heterocycles. The maximum absolute atomic E-state index is 12.8. The van der Waals surface area contributed by atoms with E-state index in [9.17, 15) is 8.42 Å². The number of hydrogen-bond donors (Lipinski definition) is 1. The number of thiophene rings is 2. The molecule has 0 spiro atoms. The maximum atomic E-state index is 12.8. The second kappa shape index (κ2) is 7.02. The van der Waals surface area contributed by atoms with E-state index in [0.29, 0.717) is 11.4 Å². The van der Waals surface area contributed by atoms with Gasteiger partial charge in [-0.3, -0.25) is 0 Å². The summed E-state index contributed by atoms with van der Waals surface area (Å²) < 4.78 is 27.1. The van der Waals surface area contributed by atoms with Crippen molar-refractivity contribution in [1.82, 2.24) is 9.62 Å². The Labute approximate surface area is 134 Å². The van der Waals surface area contributed by atoms with Crippen molar-refractivity contribution in [3.05, 3.63) is 38.7 Å². The van der Waals surface area contributed by atoms with Crippen LogP contribution in [0.15, 0.2) is 33.9 Å². The smallest absolute Gasteiger partial charge is 0.244 e. The first kappa shape index (κ1) is 16.6. The second-order valence-electron chi connectivity index (χ2n) is 4.70. The van der Waals surface area contributed by atoms with Gasteiger partial charge in [0.2, 0.25) is 10.0 Å². The first-order chi connectivity index (χ1) is 9.98. The van der Waals surface area contributed by atoms with E-state index in [0.717, 1.165) is 16.3 Å². The molecule has 21 heavy (non-hydrogen) atoms. The van der Waals surface area contributed by atoms with Crippen molar-refractivity contribution in [2.45, 2.75) is 31.3 Å². The van der Waals surface area contributed by atoms with Crippen molar-refractivity contribution in [3.63, 3.8) is 0 Å². The van der Waals surface area contributed by atoms with Gasteiger partial charge in [0.15, 0.2) is 0 Å². The SMILES string of the molecule is CCNCc1sccc1S(=O)(=O)N(C)C(C)c1cccs1. The Balaban J connectivity index is 2.27. The van der Waals surface area contributed by atoms with E-state index in [1.54, 1.807) is 24.5 Å². The average molecular weight is 345 g/mol. The summed E-state index contributed by atoms with van der Waals surface area (Å²) in [4.78, 5) is 2.32. The molecule has 0 aliphatic heterocycles. The molecule has 0 radical (unpaired) electrons. The summed E-state index contributed by atoms with van der Waals surface area (Å²) in [6, 6.07) is 5.44. The van der Waals surface area contributed by atoms with Crippen LogP contribution in [-0.4, -0.2) is 26.3 Å². The summed E-state index contributed by atoms with van der Waals surface area (Å²) in [6.07, 6.45) is 0. The Kier molecular flexibility index (Phi) is 5.56. The van der Waals surface area contributed by atoms with Crippen LogP contribution in [0.1, 0.15) is 29.6 Å². The fourth-order valence-corrected chi connectivity index (χ4v) is 5.62. The highest BCUT2D eigenvalue weighted by Crippen LogP contribution is 2.31. The molecule has 0 fully saturated rings. The number of nitrogens with one attached hydrogen (secondary N) is 1. The van der Waals surface area contributed by atoms with E-state index in [1.807, 2.05) is 36.7 Å². The molecule has 0 bridgehead atoms. The van der Waals surface area contributed by atoms with E-state index in [2.05, 4.69) is 5.32 Å². The van der Waals surface area contributed by atoms with Crippen LogP contribution in [0, 0.1) is 0 Å². The summed E-state index contributed by atoms with van der Waals surface area (Å²) in [7, 11) is -1.82. The molecule has 0 aliphatic rings. The number of sulfonamides is 1. The molecular formula is C14H20N2O2S3. The van der Waals surface area contributed by atoms with Gasteiger partial charge in [0.25, 0.3) is 0 Å². The van der Waals surface area contributed by atoms with Crippen molar-refractivity contribution in [1.29, 1.82) is 0 Å². The van der Waals surface area contributed by atoms with Crippen molar-refractivity contribution in [3.8, 4) is 0 Å². The number of rotatable bonds is 7. The summed E-state index contributed by atoms with van der Waals surface area (Å²) in [5.74, 6) is 0. The normalized spacial score (nSPS) is 13.7. The minimum Gasteiger partial charge on any atom is -0.312 e. The molecule has 0 saturated carbocycles. The van der Waals surface area contributed by atoms with Gasteiger partial charge in [-0.2, -0.15) is 4.31 Å². The van der Waals surface area contributed by atoms with Gasteiger partial charge in [-0.15, -0.1) is 22.7 Å². The highest BCUT2D eigenvalue weighted by molar-refractivity contribution is 7.89. The van der Waals surface area contributed by atoms with E-state index in [-0.39, 0.29) is 6.04 Å². The van der Waals surface area contributed by atoms with Crippen molar-refractivity contribution in [2.24, 2.45) is 0 Å². The lowest BCUT2D eigenvalue weighted by atomic mass is 10.3. The van der Waals surface area contributed by atoms with Crippen LogP contribution in [0.2, 0.25) is 0 Å². The van der Waals surface area contributed by atoms with Gasteiger partial charge in [-0.1, -0.05) is 13.0 Å². The molecule has 2 rings (SSSR count). The molecule has 2 heterocycles. The fourth-order valence-electron chi connectivity index (χ4n) is 2.00. The monoisotopic (exact) mass is 344 g/mol. The Morgan fingerprint density at radius 1 is 1.29 bits per heavy atom. The van der Waals surface area contributed by atoms with Crippen LogP contribution in [0.25, 0.3) is 0 Å². The second-order valence-corrected chi connectivity index (χ2v) is 8.65. The number of nitrogens with zero attached hydrogens (tertiary/aromatic N) is 1. The third-order valence-corrected chi connectivity index (χ3v) is 7.50. The van der Waals surface area contributed by atoms with Crippen molar-refractivity contribution < 1.29 is 8.42 Å². The van der Waals surface area contributed by atoms with E-state index in [4.69, 9.17) is 0 Å². The molecule has 0 aliphatic carbocycles. The predicted octanol–water partition coefficient (Wildman–Crippen LogP) is 3.30. The summed E-state index contributed by atoms with van der Waals surface area (Å²) in [5, 5.41) is 6.99. The Morgan fingerprint density at radius 3 is 2.67 bits per heavy atom. The van der Waals surface area contributed by atoms with Gasteiger partial charge < -0.3 is 5.32 Å². The predicted molar refractivity (Wildman–Crippen MR) is 89.4 cm³/mol. The third kappa shape index (κ3) is 3.54. The van der Waals surface area contributed by atoms with Crippen LogP contribution in [-0.2, 0) is 16.6 Å². The Bertz CT molecular complexity index is 662. The Hall–Kier alpha value is -0.730. The van der Waals surface area contributed by atoms with Crippen LogP contribution >= 0.6 is 22.7 Å². The Morgan fingerprint density at radius 2 is 2.05 bits per heavy atom. The first-order valence-electron chi connectivity index (χ1n) is 6.77. The average Bonchev–Trinajstić information content (AvgIpc) is 3.14. The highest BCUT2D eigenvalue weighted by atomic mass is 32.2. The van der Waals surface area contributed by atoms with Crippen molar-refractivity contribution >= 4 is 32.7 Å². The molecular weight excluding hydrogens is 324 g/mol. The minimum absolute atomic E-state index is 0.165. The lowest BCUT2D eigenvalue weighted by Gasteiger charge is -2.23. The highest BCUT2D eigenvalue weighted by Gasteiger charge is 2.29. The zero-order chi connectivity index (χ0) is 15.5. The lowest BCUT2D eigenvalue weighted by Crippen LogP contribution is -2.30. The largest absolute Gasteiger partial charge is 0.312 e. The van der Waals surface area contributed by atoms with Gasteiger partial charge in [-0.25, -0.2) is 8.42 Å². The van der Waals surface area contributed by atoms with Crippen molar-refractivity contribution in [2.75, 3.05) is 13.6 Å². The molecule has 1 atom stereocenters. The molecule has 0 amide bonds. The molecule has 116 valence electrons. The molecule has 4 nitrogen and oxygen atoms in total. The van der Waals surface area contributed by atoms with Crippen LogP contribution in [0.5, 0.6) is 0 Å². The minimum atomic E-state index is -3.47. The van der Waals surface area contributed by atoms with Crippen LogP contribution in [0.4, 0.5) is 0 Å². The zero-order valence-electron chi connectivity index (χ0n) is 12.4. The van der Waals surface area contributed by atoms with Gasteiger partial charge in [0, 0.05) is 23.3 Å². The molecule has 1 N–H and O–H groups in total. The van der Waals surface area contributed by atoms with Crippen LogP contribution < -0.4 is 5.32 Å². The van der Waals surface area contributed by atoms with E-state index in [1.165, 1.54) is 15.6 Å². The van der Waals surface area contributed by atoms with Gasteiger partial charge in [-0.05, 0) is 36.4 Å². The molecule has 2 aromatic rings. The summed E-state index contributed by atoms with van der Waals surface area (Å²) in [5.41, 5.74) is 0. The maximum Gasteiger partial charge on any atom is 0.244 e. The van der Waals surface area contributed by atoms with E-state index >= 15 is 0 Å². The summed E-state index contributed by atoms with van der Waals surface area (Å²) >= 11 is 3.05. The van der Waals surface area contributed by atoms with Gasteiger partial charge in [0.05, 0.1) is 10.9 Å². The van der Waals surface area contributed by atoms with Gasteiger partial charge >= 0.3 is 0 Å². The third-order valence-electron chi connectivity index (χ3n) is 3.40. The molecule has 0 aromatic carbocycles. The molecule has 7 heteroatoms. The standard InChI is InChI=1S/C14H20N2O2S3/c1-4-15-10-13-14(7-9-20-13)21(17,18)16(3)11(2)12-6-5-8-19-12/h5-9,11,15H,4,10H2,1-3H3. The van der Waals surface area contributed by atoms with E-state index < -0.39 is 10.0 Å². The lowest BCUT2D eigenvalue weighted by molar-refractivity contribution is 0.402. The summed E-state index contributed by atoms with van der Waals surface area (Å²) in [6.45, 7) is 5.33. The first-order valence-corrected chi connectivity index (χ1v) is 9.97. The molecule has 1 unspecified atom stereocenters. The quantitative estimate of drug-likeness (QED) is 0.838. The zero-order valence-corrected chi connectivity index (χ0v) is 14.8. The molecule has 2 aromatic heterocycles. The number of hydrogen-bond acceptors (Lipinski definition) is 5. The fraction of sp³-hybridized carbons (Fsp3) is 0.429. The van der Waals surface area contributed by atoms with Crippen LogP contribution in [0.3, 0.4) is 0 Å². The van der Waals surface area contributed by atoms with Gasteiger partial charge in [0.1, 0.15) is 0 Å². The topological polar surface area (TPSA) is 49.4 Å².